The number of ether oxygens (including phenoxy) is 7. The number of Topliss-reactive ketones (excluding diaryl/α,β-unsaturated/α-hetero) is 7. The van der Waals surface area contributed by atoms with Crippen molar-refractivity contribution >= 4 is 81.2 Å². The summed E-state index contributed by atoms with van der Waals surface area (Å²) in [6.07, 6.45) is 6.99. The van der Waals surface area contributed by atoms with Crippen molar-refractivity contribution in [2.45, 2.75) is 173 Å². The van der Waals surface area contributed by atoms with E-state index in [4.69, 9.17) is 38.3 Å². The van der Waals surface area contributed by atoms with Crippen molar-refractivity contribution < 1.29 is 96.5 Å². The maximum absolute atomic E-state index is 14.2. The van der Waals surface area contributed by atoms with Gasteiger partial charge in [-0.2, -0.15) is 0 Å². The summed E-state index contributed by atoms with van der Waals surface area (Å²) in [5.74, 6) is -1.48. The zero-order chi connectivity index (χ0) is 108. The fourth-order valence-electron chi connectivity index (χ4n) is 17.3. The van der Waals surface area contributed by atoms with E-state index < -0.39 is 47.1 Å². The third kappa shape index (κ3) is 34.4. The van der Waals surface area contributed by atoms with Crippen molar-refractivity contribution in [2.75, 3.05) is 119 Å². The van der Waals surface area contributed by atoms with Gasteiger partial charge in [-0.3, -0.25) is 48.2 Å². The molecule has 23 nitrogen and oxygen atoms in total. The number of aryl methyl sites for hydroxylation is 3. The molecule has 25 heteroatoms. The molecule has 2 saturated heterocycles. The van der Waals surface area contributed by atoms with Gasteiger partial charge >= 0.3 is 0 Å². The zero-order valence-electron chi connectivity index (χ0n) is 88.7. The minimum atomic E-state index is -3.44. The number of ketones is 7. The van der Waals surface area contributed by atoms with E-state index in [9.17, 15) is 58.2 Å². The van der Waals surface area contributed by atoms with Gasteiger partial charge in [-0.05, 0) is 200 Å². The van der Waals surface area contributed by atoms with Crippen LogP contribution in [0.2, 0.25) is 0 Å². The molecule has 0 aromatic heterocycles. The molecule has 1 saturated carbocycles. The number of aliphatic hydroxyl groups is 4. The molecule has 3 fully saturated rings. The molecule has 0 bridgehead atoms. The fourth-order valence-corrected chi connectivity index (χ4v) is 20.3. The molecule has 148 heavy (non-hydrogen) atoms. The van der Waals surface area contributed by atoms with E-state index in [0.717, 1.165) is 98.6 Å². The first kappa shape index (κ1) is 121. The van der Waals surface area contributed by atoms with E-state index in [1.54, 1.807) is 121 Å². The Bertz CT molecular complexity index is 6040. The number of morpholine rings is 2. The van der Waals surface area contributed by atoms with Crippen LogP contribution in [0.5, 0.6) is 5.75 Å². The molecule has 0 radical (unpaired) electrons. The Morgan fingerprint density at radius 2 is 0.845 bits per heavy atom. The van der Waals surface area contributed by atoms with Crippen LogP contribution in [-0.2, 0) is 45.2 Å². The van der Waals surface area contributed by atoms with Gasteiger partial charge in [-0.25, -0.2) is 0 Å². The summed E-state index contributed by atoms with van der Waals surface area (Å²) in [5, 5.41) is 38.9. The van der Waals surface area contributed by atoms with Crippen LogP contribution in [0.3, 0.4) is 0 Å². The van der Waals surface area contributed by atoms with Crippen LogP contribution in [0.4, 0.5) is 5.69 Å². The van der Waals surface area contributed by atoms with Gasteiger partial charge in [0.25, 0.3) is 5.79 Å². The predicted octanol–water partition coefficient (Wildman–Crippen LogP) is 21.6. The number of aliphatic hydroxyl groups excluding tert-OH is 1. The van der Waals surface area contributed by atoms with Gasteiger partial charge in [-0.15, -0.1) is 11.8 Å². The van der Waals surface area contributed by atoms with Crippen LogP contribution in [0, 0.1) is 20.8 Å². The van der Waals surface area contributed by atoms with Crippen LogP contribution in [-0.4, -0.2) is 224 Å². The Balaban J connectivity index is 0.000000209. The molecule has 15 rings (SSSR count). The maximum atomic E-state index is 14.2. The highest BCUT2D eigenvalue weighted by Gasteiger charge is 2.44. The van der Waals surface area contributed by atoms with Gasteiger partial charge in [0, 0.05) is 125 Å². The number of carbonyl (C=O) groups excluding carboxylic acids is 8. The first-order valence-electron chi connectivity index (χ1n) is 50.2. The molecule has 1 atom stereocenters. The summed E-state index contributed by atoms with van der Waals surface area (Å²) in [6.45, 7) is 29.0. The fraction of sp³-hybridized carbons (Fsp3) is 0.350. The predicted molar refractivity (Wildman–Crippen MR) is 591 cm³/mol. The lowest BCUT2D eigenvalue weighted by atomic mass is 9.79. The zero-order valence-corrected chi connectivity index (χ0v) is 90.4. The van der Waals surface area contributed by atoms with Gasteiger partial charge in [-0.1, -0.05) is 299 Å². The maximum Gasteiger partial charge on any atom is 0.260 e. The highest BCUT2D eigenvalue weighted by molar-refractivity contribution is 7.98. The molecule has 786 valence electrons. The number of nitrogens with zero attached hydrogens (tertiary/aromatic N) is 3. The molecular weight excluding hydrogens is 1900 g/mol. The minimum Gasteiger partial charge on any atom is -0.491 e. The first-order valence-corrected chi connectivity index (χ1v) is 53.1. The minimum absolute atomic E-state index is 0.0512. The Morgan fingerprint density at radius 1 is 0.466 bits per heavy atom. The van der Waals surface area contributed by atoms with Crippen LogP contribution in [0.15, 0.2) is 332 Å². The lowest BCUT2D eigenvalue weighted by Gasteiger charge is -2.39. The normalized spacial score (nSPS) is 13.9. The van der Waals surface area contributed by atoms with E-state index in [0.29, 0.717) is 101 Å². The molecule has 4 N–H and O–H groups in total. The van der Waals surface area contributed by atoms with E-state index in [1.165, 1.54) is 52.4 Å². The smallest absolute Gasteiger partial charge is 0.260 e. The number of hydrogen-bond acceptors (Lipinski definition) is 24. The molecule has 12 aromatic rings. The van der Waals surface area contributed by atoms with Crippen molar-refractivity contribution in [1.82, 2.24) is 9.80 Å². The molecule has 3 aliphatic rings. The molecule has 2 aliphatic heterocycles. The number of anilines is 1. The van der Waals surface area contributed by atoms with Crippen molar-refractivity contribution in [3.8, 4) is 5.75 Å². The molecule has 1 aliphatic carbocycles. The highest BCUT2D eigenvalue weighted by atomic mass is 32.2. The summed E-state index contributed by atoms with van der Waals surface area (Å²) >= 11 is 1.69. The number of likely N-dealkylation sites (N-methyl/N-ethyl adjacent to an activating group) is 1. The van der Waals surface area contributed by atoms with Crippen molar-refractivity contribution in [3.63, 3.8) is 0 Å². The summed E-state index contributed by atoms with van der Waals surface area (Å²) in [6, 6.07) is 99.9. The molecule has 0 amide bonds. The lowest BCUT2D eigenvalue weighted by molar-refractivity contribution is -0.176. The van der Waals surface area contributed by atoms with Crippen LogP contribution in [0.25, 0.3) is 0 Å². The molecule has 0 spiro atoms. The quantitative estimate of drug-likeness (QED) is 0.0124. The van der Waals surface area contributed by atoms with Gasteiger partial charge in [0.15, 0.2) is 28.9 Å². The van der Waals surface area contributed by atoms with E-state index in [2.05, 4.69) is 45.9 Å². The highest BCUT2D eigenvalue weighted by Crippen LogP contribution is 2.48. The summed E-state index contributed by atoms with van der Waals surface area (Å²) in [7, 11) is 3.51. The van der Waals surface area contributed by atoms with E-state index >= 15 is 0 Å². The molecule has 1 unspecified atom stereocenters. The van der Waals surface area contributed by atoms with Crippen molar-refractivity contribution in [1.29, 1.82) is 0 Å². The third-order valence-electron chi connectivity index (χ3n) is 25.6. The van der Waals surface area contributed by atoms with Crippen LogP contribution >= 0.6 is 18.9 Å². The number of hydrogen-bond donors (Lipinski definition) is 4. The Kier molecular flexibility index (Phi) is 48.8. The SMILES string of the molecule is CC(C)(O)C(=O)c1ccc(OCCO)cc1.CC(C)(O)C(=O)c1ccccc1.CCC(Cc1ccccc1)(C(=O)c1ccc(N2CCOCC2)cc1)N(C)C.CCOC(OCC)C(=O)c1ccccc1.COC(OC)(C(=O)c1ccccc1)c1ccccc1.CSc1ccc(C(=O)C(C)(C)N2CCOCC2)cc1.Cc1cc(C)c(C(=O)P(=O)(c2ccccc2)c2ccccc2)c(C)c1.O=C(c1ccccc1)C1(O)CCCCC1. The Labute approximate surface area is 879 Å². The van der Waals surface area contributed by atoms with Crippen molar-refractivity contribution in [3.05, 3.63) is 400 Å². The number of carbonyl (C=O) groups is 8. The van der Waals surface area contributed by atoms with Gasteiger partial charge < -0.3 is 63.0 Å². The van der Waals surface area contributed by atoms with Gasteiger partial charge in [0.2, 0.25) is 30.5 Å². The molecule has 12 aromatic carbocycles. The van der Waals surface area contributed by atoms with Gasteiger partial charge in [0.1, 0.15) is 29.2 Å². The van der Waals surface area contributed by atoms with Crippen molar-refractivity contribution in [2.24, 2.45) is 0 Å². The molecular formula is C123H148N3O20PS. The van der Waals surface area contributed by atoms with Gasteiger partial charge in [0.05, 0.1) is 44.1 Å². The van der Waals surface area contributed by atoms with Crippen LogP contribution in [0.1, 0.15) is 212 Å². The Hall–Kier alpha value is -12.3. The summed E-state index contributed by atoms with van der Waals surface area (Å²) in [5.41, 5.74) is 5.72. The average Bonchev–Trinajstić information content (AvgIpc) is 0.748. The monoisotopic (exact) mass is 2050 g/mol. The second-order valence-electron chi connectivity index (χ2n) is 37.6. The largest absolute Gasteiger partial charge is 0.491 e. The lowest BCUT2D eigenvalue weighted by Crippen LogP contribution is -2.54. The first-order chi connectivity index (χ1) is 70.8. The number of benzene rings is 12. The standard InChI is InChI=1S/C23H30N2O2.C22H21O2P.C16H16O3.C15H21NO2S.C13H16O2.C12H16O4.C12H16O3.C10H12O2/c1-4-23(24(2)3,18-19-8-6-5-7-9-19)22(26)20-10-12-21(13-11-20)25-14-16-27-17-15-25;1-16-14-17(2)21(18(3)15-16)22(23)25(24,19-10-6-4-7-11-19)20-12-8-5-9-13-20;1-18-16(19-2,14-11-7-4-8-12-14)15(17)13-9-5-3-6-10-13;1-15(2,16-8-10-18-11-9-16)14(17)12-4-6-13(19-3)7-5-12;14-12(11-7-3-1-4-8-11)13(15)9-5-2-6-10-13;1-12(2,15)11(14)9-3-5-10(6-4-9)16-8-7-13;1-3-14-12(15-4-2)11(13)10-8-6-5-7-9-10;1-10(2,12)9(11)8-6-4-3-5-7-8/h5-13H,4,14-18H2,1-3H3;4-15H,1-3H3;3-12H,1-2H3;4-7H,8-11H2,1-3H3;1,3-4,7-8,15H,2,5-6,9-10H2;3-6,13,15H,7-8H2,1-2H3;5-9,12H,3-4H2,1-2H3;3-7,12H,1-2H3. The second kappa shape index (κ2) is 59.8. The number of thioether (sulfide) groups is 1. The molecule has 2 heterocycles. The number of methoxy groups -OCH3 is 2. The number of rotatable bonds is 35. The van der Waals surface area contributed by atoms with E-state index in [1.807, 2.05) is 263 Å². The summed E-state index contributed by atoms with van der Waals surface area (Å²) < 4.78 is 51.4. The summed E-state index contributed by atoms with van der Waals surface area (Å²) in [4.78, 5) is 107. The Morgan fingerprint density at radius 3 is 1.26 bits per heavy atom. The average molecular weight is 2050 g/mol. The third-order valence-corrected chi connectivity index (χ3v) is 29.2. The second-order valence-corrected chi connectivity index (χ2v) is 41.1. The topological polar surface area (TPSA) is 309 Å². The van der Waals surface area contributed by atoms with E-state index in [-0.39, 0.29) is 59.2 Å². The van der Waals surface area contributed by atoms with Crippen LogP contribution < -0.4 is 20.2 Å².